The number of pyridine rings is 2. The summed E-state index contributed by atoms with van der Waals surface area (Å²) in [6.45, 7) is 6.10. The predicted octanol–water partition coefficient (Wildman–Crippen LogP) is 7.15. The minimum Gasteiger partial charge on any atom is -0.506 e. The minimum absolute atomic E-state index is 0.141. The number of phenolic OH excluding ortho intramolecular Hbond substituents is 1. The smallest absolute Gasteiger partial charge is 0.219 e. The molecule has 0 bridgehead atoms. The van der Waals surface area contributed by atoms with E-state index in [0.29, 0.717) is 17.1 Å². The Bertz CT molecular complexity index is 1710. The molecule has 0 fully saturated rings. The third-order valence-corrected chi connectivity index (χ3v) is 6.21. The Balaban J connectivity index is 1.52. The second-order valence-electron chi connectivity index (χ2n) is 8.72. The Labute approximate surface area is 196 Å². The molecule has 0 radical (unpaired) electrons. The topological polar surface area (TPSA) is 60.2 Å². The van der Waals surface area contributed by atoms with Gasteiger partial charge in [0.05, 0.1) is 11.0 Å². The first-order valence-corrected chi connectivity index (χ1v) is 11.2. The predicted molar refractivity (Wildman–Crippen MR) is 136 cm³/mol. The van der Waals surface area contributed by atoms with Crippen LogP contribution in [0.5, 0.6) is 17.4 Å². The molecule has 5 nitrogen and oxygen atoms in total. The van der Waals surface area contributed by atoms with Gasteiger partial charge in [-0.2, -0.15) is 0 Å². The highest BCUT2D eigenvalue weighted by molar-refractivity contribution is 6.09. The SMILES string of the molecule is Cc1cc(C)nc(-n2c3ccccc3c3ccc(Oc4ccc5c(C)ccc(O)c5n4)cc32)c1. The first-order chi connectivity index (χ1) is 16.5. The van der Waals surface area contributed by atoms with Crippen molar-refractivity contribution < 1.29 is 9.84 Å². The van der Waals surface area contributed by atoms with E-state index in [4.69, 9.17) is 9.72 Å². The van der Waals surface area contributed by atoms with Crippen molar-refractivity contribution in [1.82, 2.24) is 14.5 Å². The number of aromatic nitrogens is 3. The van der Waals surface area contributed by atoms with Crippen LogP contribution in [0.15, 0.2) is 78.9 Å². The minimum atomic E-state index is 0.141. The molecule has 3 aromatic heterocycles. The molecule has 0 aliphatic heterocycles. The highest BCUT2D eigenvalue weighted by atomic mass is 16.5. The summed E-state index contributed by atoms with van der Waals surface area (Å²) in [6, 6.07) is 25.9. The molecule has 1 N–H and O–H groups in total. The fourth-order valence-electron chi connectivity index (χ4n) is 4.70. The molecule has 5 heteroatoms. The van der Waals surface area contributed by atoms with Crippen LogP contribution in [0.4, 0.5) is 0 Å². The maximum atomic E-state index is 10.3. The molecule has 0 amide bonds. The Morgan fingerprint density at radius 2 is 1.53 bits per heavy atom. The summed E-state index contributed by atoms with van der Waals surface area (Å²) < 4.78 is 8.35. The molecule has 3 heterocycles. The number of aryl methyl sites for hydroxylation is 3. The Morgan fingerprint density at radius 3 is 2.38 bits per heavy atom. The zero-order valence-electron chi connectivity index (χ0n) is 19.2. The Hall–Kier alpha value is -4.38. The van der Waals surface area contributed by atoms with Crippen molar-refractivity contribution in [2.45, 2.75) is 20.8 Å². The van der Waals surface area contributed by atoms with Gasteiger partial charge in [0.25, 0.3) is 0 Å². The molecule has 0 saturated heterocycles. The first kappa shape index (κ1) is 20.2. The fourth-order valence-corrected chi connectivity index (χ4v) is 4.70. The van der Waals surface area contributed by atoms with Crippen LogP contribution >= 0.6 is 0 Å². The van der Waals surface area contributed by atoms with Gasteiger partial charge in [0.2, 0.25) is 5.88 Å². The summed E-state index contributed by atoms with van der Waals surface area (Å²) in [6.07, 6.45) is 0. The summed E-state index contributed by atoms with van der Waals surface area (Å²) in [7, 11) is 0. The molecule has 0 saturated carbocycles. The van der Waals surface area contributed by atoms with Crippen molar-refractivity contribution in [1.29, 1.82) is 0 Å². The molecule has 34 heavy (non-hydrogen) atoms. The van der Waals surface area contributed by atoms with E-state index in [9.17, 15) is 5.11 Å². The van der Waals surface area contributed by atoms with Crippen LogP contribution in [0.2, 0.25) is 0 Å². The monoisotopic (exact) mass is 445 g/mol. The van der Waals surface area contributed by atoms with Crippen molar-refractivity contribution in [3.05, 3.63) is 95.7 Å². The summed E-state index contributed by atoms with van der Waals surface area (Å²) in [4.78, 5) is 9.39. The Morgan fingerprint density at radius 1 is 0.735 bits per heavy atom. The number of nitrogens with zero attached hydrogens (tertiary/aromatic N) is 3. The molecule has 0 unspecified atom stereocenters. The zero-order valence-corrected chi connectivity index (χ0v) is 19.2. The molecule has 166 valence electrons. The van der Waals surface area contributed by atoms with Crippen LogP contribution < -0.4 is 4.74 Å². The van der Waals surface area contributed by atoms with E-state index in [2.05, 4.69) is 52.9 Å². The number of para-hydroxylation sites is 1. The molecule has 6 rings (SSSR count). The summed E-state index contributed by atoms with van der Waals surface area (Å²) in [5, 5.41) is 13.5. The average molecular weight is 446 g/mol. The van der Waals surface area contributed by atoms with E-state index in [1.807, 2.05) is 50.2 Å². The van der Waals surface area contributed by atoms with Gasteiger partial charge < -0.3 is 9.84 Å². The van der Waals surface area contributed by atoms with Crippen LogP contribution in [0.1, 0.15) is 16.8 Å². The quantitative estimate of drug-likeness (QED) is 0.314. The molecule has 0 aliphatic carbocycles. The highest BCUT2D eigenvalue weighted by Gasteiger charge is 2.15. The number of ether oxygens (including phenoxy) is 1. The van der Waals surface area contributed by atoms with E-state index in [1.54, 1.807) is 6.07 Å². The van der Waals surface area contributed by atoms with Gasteiger partial charge in [0.15, 0.2) is 0 Å². The standard InChI is InChI=1S/C29H23N3O2/c1-17-14-19(3)30-27(15-17)32-24-7-5-4-6-22(24)23-10-9-20(16-25(23)32)34-28-13-11-21-18(2)8-12-26(33)29(21)31-28/h4-16,33H,1-3H3. The summed E-state index contributed by atoms with van der Waals surface area (Å²) in [5.41, 5.74) is 5.83. The van der Waals surface area contributed by atoms with Crippen molar-refractivity contribution in [3.8, 4) is 23.2 Å². The van der Waals surface area contributed by atoms with Crippen LogP contribution in [0, 0.1) is 20.8 Å². The Kier molecular flexibility index (Phi) is 4.52. The van der Waals surface area contributed by atoms with Gasteiger partial charge in [-0.1, -0.05) is 24.3 Å². The molecule has 6 aromatic rings. The second-order valence-corrected chi connectivity index (χ2v) is 8.72. The zero-order chi connectivity index (χ0) is 23.4. The van der Waals surface area contributed by atoms with Gasteiger partial charge in [0.1, 0.15) is 22.8 Å². The normalized spacial score (nSPS) is 11.5. The van der Waals surface area contributed by atoms with Gasteiger partial charge in [-0.25, -0.2) is 9.97 Å². The van der Waals surface area contributed by atoms with Crippen LogP contribution in [-0.2, 0) is 0 Å². The van der Waals surface area contributed by atoms with Gasteiger partial charge in [-0.3, -0.25) is 4.57 Å². The van der Waals surface area contributed by atoms with E-state index in [1.165, 1.54) is 0 Å². The molecular formula is C29H23N3O2. The van der Waals surface area contributed by atoms with E-state index in [-0.39, 0.29) is 5.75 Å². The van der Waals surface area contributed by atoms with Crippen molar-refractivity contribution in [2.24, 2.45) is 0 Å². The largest absolute Gasteiger partial charge is 0.506 e. The molecule has 0 aliphatic rings. The lowest BCUT2D eigenvalue weighted by atomic mass is 10.1. The lowest BCUT2D eigenvalue weighted by Gasteiger charge is -2.11. The lowest BCUT2D eigenvalue weighted by Crippen LogP contribution is -1.99. The maximum Gasteiger partial charge on any atom is 0.219 e. The first-order valence-electron chi connectivity index (χ1n) is 11.2. The lowest BCUT2D eigenvalue weighted by molar-refractivity contribution is 0.460. The van der Waals surface area contributed by atoms with Crippen molar-refractivity contribution in [2.75, 3.05) is 0 Å². The van der Waals surface area contributed by atoms with Crippen LogP contribution in [-0.4, -0.2) is 19.6 Å². The maximum absolute atomic E-state index is 10.3. The second kappa shape index (κ2) is 7.59. The molecule has 3 aromatic carbocycles. The van der Waals surface area contributed by atoms with E-state index in [0.717, 1.165) is 49.8 Å². The number of hydrogen-bond acceptors (Lipinski definition) is 4. The third-order valence-electron chi connectivity index (χ3n) is 6.21. The van der Waals surface area contributed by atoms with Crippen LogP contribution in [0.3, 0.4) is 0 Å². The van der Waals surface area contributed by atoms with Crippen molar-refractivity contribution in [3.63, 3.8) is 0 Å². The van der Waals surface area contributed by atoms with Gasteiger partial charge in [-0.05, 0) is 74.4 Å². The van der Waals surface area contributed by atoms with Gasteiger partial charge >= 0.3 is 0 Å². The number of phenols is 1. The highest BCUT2D eigenvalue weighted by Crippen LogP contribution is 2.35. The third kappa shape index (κ3) is 3.25. The summed E-state index contributed by atoms with van der Waals surface area (Å²) >= 11 is 0. The number of benzene rings is 3. The number of hydrogen-bond donors (Lipinski definition) is 1. The molecular weight excluding hydrogens is 422 g/mol. The number of fused-ring (bicyclic) bond motifs is 4. The van der Waals surface area contributed by atoms with E-state index >= 15 is 0 Å². The summed E-state index contributed by atoms with van der Waals surface area (Å²) in [5.74, 6) is 2.12. The molecule has 0 atom stereocenters. The van der Waals surface area contributed by atoms with Gasteiger partial charge in [0, 0.05) is 34.0 Å². The fraction of sp³-hybridized carbons (Fsp3) is 0.103. The average Bonchev–Trinajstić information content (AvgIpc) is 3.14. The van der Waals surface area contributed by atoms with Crippen molar-refractivity contribution >= 4 is 32.7 Å². The van der Waals surface area contributed by atoms with E-state index < -0.39 is 0 Å². The number of rotatable bonds is 3. The number of aromatic hydroxyl groups is 1. The van der Waals surface area contributed by atoms with Crippen LogP contribution in [0.25, 0.3) is 38.5 Å². The molecule has 0 spiro atoms. The van der Waals surface area contributed by atoms with Gasteiger partial charge in [-0.15, -0.1) is 0 Å².